The average molecular weight is 375 g/mol. The third-order valence-electron chi connectivity index (χ3n) is 5.32. The molecule has 0 bridgehead atoms. The molecule has 1 amide bonds. The molecule has 5 rings (SSSR count). The van der Waals surface area contributed by atoms with Crippen LogP contribution in [0.1, 0.15) is 40.6 Å². The van der Waals surface area contributed by atoms with Crippen LogP contribution in [0.4, 0.5) is 5.69 Å². The zero-order valence-electron chi connectivity index (χ0n) is 15.4. The molecule has 142 valence electrons. The number of hydrogen-bond acceptors (Lipinski definition) is 5. The number of rotatable bonds is 4. The summed E-state index contributed by atoms with van der Waals surface area (Å²) in [7, 11) is 0. The Morgan fingerprint density at radius 3 is 2.96 bits per heavy atom. The standard InChI is InChI=1S/C21H21N5O2/c27-21(20-19(24-26-25-20)17-5-2-9-22-17)23-16-4-1-3-13(12-16)14-6-7-18-15(11-14)8-10-28-18/h1,3-4,6-7,11-12,17,22H,2,5,8-10H2,(H,23,27)(H,24,25,26). The zero-order valence-corrected chi connectivity index (χ0v) is 15.4. The largest absolute Gasteiger partial charge is 0.493 e. The van der Waals surface area contributed by atoms with Crippen LogP contribution in [0.25, 0.3) is 11.1 Å². The van der Waals surface area contributed by atoms with Crippen LogP contribution in [0.3, 0.4) is 0 Å². The van der Waals surface area contributed by atoms with Crippen LogP contribution in [0.15, 0.2) is 42.5 Å². The molecule has 2 aromatic carbocycles. The van der Waals surface area contributed by atoms with E-state index in [1.165, 1.54) is 5.56 Å². The van der Waals surface area contributed by atoms with E-state index in [0.717, 1.165) is 55.0 Å². The van der Waals surface area contributed by atoms with Crippen molar-refractivity contribution in [3.05, 3.63) is 59.4 Å². The van der Waals surface area contributed by atoms with Gasteiger partial charge in [-0.2, -0.15) is 15.4 Å². The lowest BCUT2D eigenvalue weighted by atomic mass is 10.0. The summed E-state index contributed by atoms with van der Waals surface area (Å²) in [6.07, 6.45) is 2.97. The van der Waals surface area contributed by atoms with Crippen molar-refractivity contribution in [1.29, 1.82) is 0 Å². The van der Waals surface area contributed by atoms with Crippen LogP contribution in [0, 0.1) is 0 Å². The van der Waals surface area contributed by atoms with E-state index in [2.05, 4.69) is 32.1 Å². The molecule has 0 spiro atoms. The maximum atomic E-state index is 12.8. The maximum absolute atomic E-state index is 12.8. The Kier molecular flexibility index (Phi) is 4.29. The van der Waals surface area contributed by atoms with Crippen LogP contribution in [0.5, 0.6) is 5.75 Å². The van der Waals surface area contributed by atoms with E-state index in [0.29, 0.717) is 11.4 Å². The molecule has 1 aromatic heterocycles. The number of hydrogen-bond donors (Lipinski definition) is 3. The Hall–Kier alpha value is -3.19. The average Bonchev–Trinajstić information content (AvgIpc) is 3.48. The number of carbonyl (C=O) groups excluding carboxylic acids is 1. The number of amides is 1. The third-order valence-corrected chi connectivity index (χ3v) is 5.32. The molecule has 0 aliphatic carbocycles. The molecule has 2 aliphatic rings. The first-order valence-corrected chi connectivity index (χ1v) is 9.59. The predicted octanol–water partition coefficient (Wildman–Crippen LogP) is 3.08. The quantitative estimate of drug-likeness (QED) is 0.652. The Morgan fingerprint density at radius 1 is 1.14 bits per heavy atom. The number of nitrogens with zero attached hydrogens (tertiary/aromatic N) is 2. The highest BCUT2D eigenvalue weighted by Gasteiger charge is 2.26. The van der Waals surface area contributed by atoms with Gasteiger partial charge in [0.2, 0.25) is 0 Å². The molecule has 3 heterocycles. The molecule has 3 N–H and O–H groups in total. The number of anilines is 1. The van der Waals surface area contributed by atoms with Crippen LogP contribution >= 0.6 is 0 Å². The number of aromatic amines is 1. The van der Waals surface area contributed by atoms with Crippen LogP contribution < -0.4 is 15.4 Å². The molecule has 3 aromatic rings. The van der Waals surface area contributed by atoms with Gasteiger partial charge < -0.3 is 15.4 Å². The minimum absolute atomic E-state index is 0.0828. The first kappa shape index (κ1) is 16.9. The summed E-state index contributed by atoms with van der Waals surface area (Å²) in [5, 5.41) is 17.2. The zero-order chi connectivity index (χ0) is 18.9. The molecule has 28 heavy (non-hydrogen) atoms. The van der Waals surface area contributed by atoms with E-state index in [1.807, 2.05) is 36.4 Å². The van der Waals surface area contributed by atoms with Crippen LogP contribution in [0.2, 0.25) is 0 Å². The minimum atomic E-state index is -0.253. The second-order valence-electron chi connectivity index (χ2n) is 7.16. The Labute approximate surface area is 162 Å². The van der Waals surface area contributed by atoms with Crippen LogP contribution in [-0.4, -0.2) is 34.5 Å². The minimum Gasteiger partial charge on any atom is -0.493 e. The third kappa shape index (κ3) is 3.14. The molecular formula is C21H21N5O2. The fourth-order valence-electron chi connectivity index (χ4n) is 3.90. The molecule has 0 radical (unpaired) electrons. The lowest BCUT2D eigenvalue weighted by molar-refractivity contribution is 0.102. The second-order valence-corrected chi connectivity index (χ2v) is 7.16. The number of aromatic nitrogens is 3. The summed E-state index contributed by atoms with van der Waals surface area (Å²) in [4.78, 5) is 12.8. The topological polar surface area (TPSA) is 91.9 Å². The SMILES string of the molecule is O=C(Nc1cccc(-c2ccc3c(c2)CCO3)c1)c1n[nH]nc1C1CCCN1. The van der Waals surface area contributed by atoms with E-state index in [4.69, 9.17) is 4.74 Å². The first-order valence-electron chi connectivity index (χ1n) is 9.59. The lowest BCUT2D eigenvalue weighted by Gasteiger charge is -2.10. The summed E-state index contributed by atoms with van der Waals surface area (Å²) in [6.45, 7) is 1.68. The van der Waals surface area contributed by atoms with Crippen molar-refractivity contribution >= 4 is 11.6 Å². The van der Waals surface area contributed by atoms with Gasteiger partial charge in [-0.3, -0.25) is 4.79 Å². The first-order chi connectivity index (χ1) is 13.8. The van der Waals surface area contributed by atoms with Gasteiger partial charge in [-0.25, -0.2) is 0 Å². The van der Waals surface area contributed by atoms with E-state index >= 15 is 0 Å². The summed E-state index contributed by atoms with van der Waals surface area (Å²) >= 11 is 0. The van der Waals surface area contributed by atoms with Gasteiger partial charge in [-0.15, -0.1) is 0 Å². The van der Waals surface area contributed by atoms with Crippen molar-refractivity contribution in [2.75, 3.05) is 18.5 Å². The highest BCUT2D eigenvalue weighted by Crippen LogP contribution is 2.31. The number of benzene rings is 2. The summed E-state index contributed by atoms with van der Waals surface area (Å²) in [5.41, 5.74) is 5.14. The van der Waals surface area contributed by atoms with E-state index in [9.17, 15) is 4.79 Å². The number of carbonyl (C=O) groups is 1. The van der Waals surface area contributed by atoms with Gasteiger partial charge in [0, 0.05) is 12.1 Å². The summed E-state index contributed by atoms with van der Waals surface area (Å²) in [6, 6.07) is 14.1. The van der Waals surface area contributed by atoms with Crippen molar-refractivity contribution in [1.82, 2.24) is 20.7 Å². The highest BCUT2D eigenvalue weighted by molar-refractivity contribution is 6.03. The number of nitrogens with one attached hydrogen (secondary N) is 3. The van der Waals surface area contributed by atoms with Crippen molar-refractivity contribution < 1.29 is 9.53 Å². The van der Waals surface area contributed by atoms with Gasteiger partial charge in [0.25, 0.3) is 5.91 Å². The maximum Gasteiger partial charge on any atom is 0.278 e. The molecule has 1 saturated heterocycles. The Morgan fingerprint density at radius 2 is 2.07 bits per heavy atom. The second kappa shape index (κ2) is 7.09. The number of fused-ring (bicyclic) bond motifs is 1. The van der Waals surface area contributed by atoms with Gasteiger partial charge in [-0.1, -0.05) is 18.2 Å². The Bertz CT molecular complexity index is 1020. The molecule has 0 saturated carbocycles. The van der Waals surface area contributed by atoms with Gasteiger partial charge in [0.15, 0.2) is 5.69 Å². The normalized spacial score (nSPS) is 17.9. The van der Waals surface area contributed by atoms with Gasteiger partial charge in [0.1, 0.15) is 11.4 Å². The summed E-state index contributed by atoms with van der Waals surface area (Å²) < 4.78 is 5.58. The van der Waals surface area contributed by atoms with Crippen molar-refractivity contribution in [3.8, 4) is 16.9 Å². The number of ether oxygens (including phenoxy) is 1. The molecule has 7 nitrogen and oxygen atoms in total. The molecule has 1 fully saturated rings. The molecule has 1 unspecified atom stereocenters. The van der Waals surface area contributed by atoms with Crippen molar-refractivity contribution in [2.45, 2.75) is 25.3 Å². The predicted molar refractivity (Wildman–Crippen MR) is 105 cm³/mol. The highest BCUT2D eigenvalue weighted by atomic mass is 16.5. The lowest BCUT2D eigenvalue weighted by Crippen LogP contribution is -2.20. The fourth-order valence-corrected chi connectivity index (χ4v) is 3.90. The van der Waals surface area contributed by atoms with Gasteiger partial charge >= 0.3 is 0 Å². The smallest absolute Gasteiger partial charge is 0.278 e. The Balaban J connectivity index is 1.37. The molecule has 2 aliphatic heterocycles. The fraction of sp³-hybridized carbons (Fsp3) is 0.286. The van der Waals surface area contributed by atoms with Crippen molar-refractivity contribution in [3.63, 3.8) is 0 Å². The molecular weight excluding hydrogens is 354 g/mol. The van der Waals surface area contributed by atoms with Crippen LogP contribution in [-0.2, 0) is 6.42 Å². The number of H-pyrrole nitrogens is 1. The van der Waals surface area contributed by atoms with E-state index in [1.54, 1.807) is 0 Å². The van der Waals surface area contributed by atoms with Crippen molar-refractivity contribution in [2.24, 2.45) is 0 Å². The molecule has 7 heteroatoms. The molecule has 1 atom stereocenters. The van der Waals surface area contributed by atoms with E-state index < -0.39 is 0 Å². The monoisotopic (exact) mass is 375 g/mol. The summed E-state index contributed by atoms with van der Waals surface area (Å²) in [5.74, 6) is 0.712. The van der Waals surface area contributed by atoms with Gasteiger partial charge in [0.05, 0.1) is 12.6 Å². The van der Waals surface area contributed by atoms with Gasteiger partial charge in [-0.05, 0) is 60.3 Å². The van der Waals surface area contributed by atoms with E-state index in [-0.39, 0.29) is 11.9 Å².